The van der Waals surface area contributed by atoms with Gasteiger partial charge in [0.15, 0.2) is 11.9 Å². The zero-order chi connectivity index (χ0) is 18.5. The highest BCUT2D eigenvalue weighted by Gasteiger charge is 2.37. The van der Waals surface area contributed by atoms with Crippen molar-refractivity contribution in [3.8, 4) is 0 Å². The summed E-state index contributed by atoms with van der Waals surface area (Å²) in [5.41, 5.74) is 0.469. The number of anilines is 1. The van der Waals surface area contributed by atoms with E-state index in [1.54, 1.807) is 32.0 Å². The number of benzene rings is 2. The summed E-state index contributed by atoms with van der Waals surface area (Å²) in [5, 5.41) is 5.06. The fourth-order valence-corrected chi connectivity index (χ4v) is 4.66. The number of ether oxygens (including phenoxy) is 1. The first kappa shape index (κ1) is 16.5. The monoisotopic (exact) mass is 373 g/mol. The molecule has 3 aromatic rings. The van der Waals surface area contributed by atoms with Gasteiger partial charge in [0, 0.05) is 5.39 Å². The van der Waals surface area contributed by atoms with E-state index >= 15 is 0 Å². The van der Waals surface area contributed by atoms with E-state index < -0.39 is 28.6 Å². The van der Waals surface area contributed by atoms with Crippen molar-refractivity contribution in [3.63, 3.8) is 0 Å². The maximum atomic E-state index is 12.8. The first-order valence-electron chi connectivity index (χ1n) is 7.92. The normalized spacial score (nSPS) is 16.0. The fourth-order valence-electron chi connectivity index (χ4n) is 3.01. The number of rotatable bonds is 4. The number of carbonyl (C=O) groups excluding carboxylic acids is 1. The lowest BCUT2D eigenvalue weighted by Gasteiger charge is -2.18. The molecule has 0 aliphatic carbocycles. The van der Waals surface area contributed by atoms with Gasteiger partial charge in [0.25, 0.3) is 15.9 Å². The molecule has 1 aromatic heterocycles. The number of aryl methyl sites for hydroxylation is 1. The van der Waals surface area contributed by atoms with Gasteiger partial charge in [-0.1, -0.05) is 29.4 Å². The van der Waals surface area contributed by atoms with Crippen molar-refractivity contribution in [1.29, 1.82) is 0 Å². The van der Waals surface area contributed by atoms with Gasteiger partial charge in [-0.25, -0.2) is 8.42 Å². The molecule has 26 heavy (non-hydrogen) atoms. The summed E-state index contributed by atoms with van der Waals surface area (Å²) in [6.07, 6.45) is -0.771. The lowest BCUT2D eigenvalue weighted by atomic mass is 10.1. The molecular formula is C17H15N3O5S. The smallest absolute Gasteiger partial charge is 0.327 e. The molecule has 8 nitrogen and oxygen atoms in total. The van der Waals surface area contributed by atoms with Crippen LogP contribution in [0.2, 0.25) is 0 Å². The van der Waals surface area contributed by atoms with Gasteiger partial charge in [-0.15, -0.1) is 0 Å². The molecule has 0 spiro atoms. The zero-order valence-electron chi connectivity index (χ0n) is 14.0. The van der Waals surface area contributed by atoms with Gasteiger partial charge < -0.3 is 9.26 Å². The third kappa shape index (κ3) is 2.51. The summed E-state index contributed by atoms with van der Waals surface area (Å²) in [4.78, 5) is 16.5. The molecule has 9 heteroatoms. The molecule has 1 unspecified atom stereocenters. The Morgan fingerprint density at radius 2 is 2.00 bits per heavy atom. The number of nitrogens with zero attached hydrogens (tertiary/aromatic N) is 3. The van der Waals surface area contributed by atoms with E-state index in [2.05, 4.69) is 10.1 Å². The third-order valence-corrected chi connectivity index (χ3v) is 5.96. The molecule has 4 rings (SSSR count). The number of esters is 1. The topological polar surface area (TPSA) is 103 Å². The summed E-state index contributed by atoms with van der Waals surface area (Å²) in [6.45, 7) is 2.79. The summed E-state index contributed by atoms with van der Waals surface area (Å²) in [5.74, 6) is -0.126. The van der Waals surface area contributed by atoms with E-state index in [0.717, 1.165) is 9.69 Å². The number of aromatic nitrogens is 2. The summed E-state index contributed by atoms with van der Waals surface area (Å²) >= 11 is 0. The average molecular weight is 373 g/mol. The van der Waals surface area contributed by atoms with Gasteiger partial charge in [-0.05, 0) is 31.4 Å². The van der Waals surface area contributed by atoms with Crippen LogP contribution < -0.4 is 4.31 Å². The van der Waals surface area contributed by atoms with Crippen molar-refractivity contribution in [2.24, 2.45) is 0 Å². The van der Waals surface area contributed by atoms with Gasteiger partial charge in [-0.3, -0.25) is 9.10 Å². The van der Waals surface area contributed by atoms with Crippen LogP contribution in [-0.4, -0.2) is 31.1 Å². The minimum atomic E-state index is -3.81. The first-order chi connectivity index (χ1) is 12.4. The Kier molecular flexibility index (Phi) is 3.69. The minimum Gasteiger partial charge on any atom is -0.451 e. The summed E-state index contributed by atoms with van der Waals surface area (Å²) in [7, 11) is -3.81. The van der Waals surface area contributed by atoms with E-state index in [1.165, 1.54) is 6.07 Å². The predicted molar refractivity (Wildman–Crippen MR) is 92.0 cm³/mol. The van der Waals surface area contributed by atoms with Crippen molar-refractivity contribution in [2.75, 3.05) is 10.8 Å². The van der Waals surface area contributed by atoms with Crippen LogP contribution >= 0.6 is 0 Å². The van der Waals surface area contributed by atoms with E-state index in [-0.39, 0.29) is 10.8 Å². The van der Waals surface area contributed by atoms with Crippen LogP contribution in [-0.2, 0) is 19.6 Å². The molecule has 134 valence electrons. The average Bonchev–Trinajstić information content (AvgIpc) is 3.12. The molecule has 0 bridgehead atoms. The molecule has 0 fully saturated rings. The second-order valence-electron chi connectivity index (χ2n) is 5.95. The maximum Gasteiger partial charge on any atom is 0.327 e. The van der Waals surface area contributed by atoms with Gasteiger partial charge in [0.2, 0.25) is 0 Å². The predicted octanol–water partition coefficient (Wildman–Crippen LogP) is 2.34. The molecule has 0 N–H and O–H groups in total. The van der Waals surface area contributed by atoms with Crippen LogP contribution in [0.25, 0.3) is 10.8 Å². The lowest BCUT2D eigenvalue weighted by Crippen LogP contribution is -2.34. The van der Waals surface area contributed by atoms with E-state index in [0.29, 0.717) is 16.9 Å². The standard InChI is InChI=1S/C17H15N3O5S/c1-10(17-18-11(2)19-25-17)24-15(21)9-20-13-7-3-5-12-6-4-8-14(16(12)13)26(20,22)23/h3-8,10H,9H2,1-2H3. The summed E-state index contributed by atoms with van der Waals surface area (Å²) < 4.78 is 37.0. The van der Waals surface area contributed by atoms with E-state index in [1.807, 2.05) is 12.1 Å². The van der Waals surface area contributed by atoms with E-state index in [9.17, 15) is 13.2 Å². The molecule has 1 atom stereocenters. The molecule has 0 saturated heterocycles. The Labute approximate surface area is 149 Å². The Morgan fingerprint density at radius 3 is 2.69 bits per heavy atom. The molecule has 1 aliphatic heterocycles. The SMILES string of the molecule is Cc1noc(C(C)OC(=O)CN2c3cccc4cccc(c34)S2(=O)=O)n1. The number of hydrogen-bond donors (Lipinski definition) is 0. The van der Waals surface area contributed by atoms with Gasteiger partial charge in [-0.2, -0.15) is 4.98 Å². The molecule has 0 radical (unpaired) electrons. The molecular weight excluding hydrogens is 358 g/mol. The molecule has 2 heterocycles. The first-order valence-corrected chi connectivity index (χ1v) is 9.36. The highest BCUT2D eigenvalue weighted by molar-refractivity contribution is 7.93. The van der Waals surface area contributed by atoms with Crippen molar-refractivity contribution in [3.05, 3.63) is 48.1 Å². The van der Waals surface area contributed by atoms with Crippen molar-refractivity contribution in [1.82, 2.24) is 10.1 Å². The van der Waals surface area contributed by atoms with Gasteiger partial charge >= 0.3 is 5.97 Å². The Balaban J connectivity index is 1.61. The lowest BCUT2D eigenvalue weighted by molar-refractivity contribution is -0.147. The Bertz CT molecular complexity index is 1120. The van der Waals surface area contributed by atoms with Crippen LogP contribution in [0.4, 0.5) is 5.69 Å². The van der Waals surface area contributed by atoms with Crippen LogP contribution in [0.5, 0.6) is 0 Å². The Morgan fingerprint density at radius 1 is 1.27 bits per heavy atom. The summed E-state index contributed by atoms with van der Waals surface area (Å²) in [6, 6.07) is 10.3. The second kappa shape index (κ2) is 5.80. The zero-order valence-corrected chi connectivity index (χ0v) is 14.9. The Hall–Kier alpha value is -2.94. The second-order valence-corrected chi connectivity index (χ2v) is 7.79. The maximum absolute atomic E-state index is 12.8. The van der Waals surface area contributed by atoms with Gasteiger partial charge in [0.1, 0.15) is 6.54 Å². The van der Waals surface area contributed by atoms with Crippen LogP contribution in [0, 0.1) is 6.92 Å². The van der Waals surface area contributed by atoms with Crippen LogP contribution in [0.15, 0.2) is 45.8 Å². The highest BCUT2D eigenvalue weighted by Crippen LogP contribution is 2.41. The van der Waals surface area contributed by atoms with E-state index in [4.69, 9.17) is 9.26 Å². The van der Waals surface area contributed by atoms with Crippen molar-refractivity contribution in [2.45, 2.75) is 24.8 Å². The third-order valence-electron chi connectivity index (χ3n) is 4.15. The van der Waals surface area contributed by atoms with Crippen molar-refractivity contribution >= 4 is 32.5 Å². The fraction of sp³-hybridized carbons (Fsp3) is 0.235. The van der Waals surface area contributed by atoms with Crippen molar-refractivity contribution < 1.29 is 22.5 Å². The minimum absolute atomic E-state index is 0.158. The van der Waals surface area contributed by atoms with Crippen LogP contribution in [0.3, 0.4) is 0 Å². The van der Waals surface area contributed by atoms with Gasteiger partial charge in [0.05, 0.1) is 10.6 Å². The number of hydrogen-bond acceptors (Lipinski definition) is 7. The molecule has 2 aromatic carbocycles. The number of sulfonamides is 1. The molecule has 0 amide bonds. The van der Waals surface area contributed by atoms with Crippen LogP contribution in [0.1, 0.15) is 24.7 Å². The largest absolute Gasteiger partial charge is 0.451 e. The highest BCUT2D eigenvalue weighted by atomic mass is 32.2. The number of carbonyl (C=O) groups is 1. The molecule has 1 aliphatic rings. The quantitative estimate of drug-likeness (QED) is 0.647. The molecule has 0 saturated carbocycles.